The van der Waals surface area contributed by atoms with E-state index in [2.05, 4.69) is 15.3 Å². The number of carboxylic acid groups (broad SMARTS) is 2. The highest BCUT2D eigenvalue weighted by Crippen LogP contribution is 2.37. The highest BCUT2D eigenvalue weighted by atomic mass is 32.2. The molecule has 0 unspecified atom stereocenters. The van der Waals surface area contributed by atoms with Crippen molar-refractivity contribution in [3.05, 3.63) is 35.4 Å². The van der Waals surface area contributed by atoms with Crippen molar-refractivity contribution in [2.45, 2.75) is 17.9 Å². The van der Waals surface area contributed by atoms with Crippen LogP contribution in [0, 0.1) is 0 Å². The topological polar surface area (TPSA) is 176 Å². The Morgan fingerprint density at radius 1 is 1.12 bits per heavy atom. The van der Waals surface area contributed by atoms with Gasteiger partial charge in [0.05, 0.1) is 28.6 Å². The largest absolute Gasteiger partial charge is 0.506 e. The van der Waals surface area contributed by atoms with Crippen LogP contribution in [0.15, 0.2) is 29.2 Å². The maximum atomic E-state index is 12.4. The fraction of sp³-hybridized carbons (Fsp3) is 0.200. The molecule has 0 aliphatic carbocycles. The maximum absolute atomic E-state index is 12.4. The number of carboxylic acids is 2. The normalized spacial score (nSPS) is 11.8. The molecule has 1 heterocycles. The summed E-state index contributed by atoms with van der Waals surface area (Å²) in [6.07, 6.45) is 0. The highest BCUT2D eigenvalue weighted by Gasteiger charge is 2.25. The lowest BCUT2D eigenvalue weighted by Crippen LogP contribution is -2.41. The van der Waals surface area contributed by atoms with Gasteiger partial charge in [0.2, 0.25) is 5.91 Å². The molecule has 0 fully saturated rings. The molecule has 0 aliphatic rings. The van der Waals surface area contributed by atoms with Crippen LogP contribution in [0.25, 0.3) is 22.1 Å². The Morgan fingerprint density at radius 3 is 2.41 bits per heavy atom. The number of rotatable bonds is 7. The Bertz CT molecular complexity index is 1280. The lowest BCUT2D eigenvalue weighted by atomic mass is 10.1. The van der Waals surface area contributed by atoms with Gasteiger partial charge < -0.3 is 25.4 Å². The van der Waals surface area contributed by atoms with Crippen LogP contribution >= 0.6 is 11.8 Å². The number of aromatic carboxylic acids is 1. The summed E-state index contributed by atoms with van der Waals surface area (Å²) in [6, 6.07) is 4.45. The number of para-hydroxylation sites is 1. The van der Waals surface area contributed by atoms with Crippen molar-refractivity contribution < 1.29 is 39.2 Å². The van der Waals surface area contributed by atoms with E-state index in [1.54, 1.807) is 0 Å². The number of carbonyl (C=O) groups is 4. The lowest BCUT2D eigenvalue weighted by molar-refractivity contribution is -0.140. The molecule has 166 valence electrons. The number of methoxy groups -OCH3 is 1. The van der Waals surface area contributed by atoms with Crippen molar-refractivity contribution >= 4 is 57.6 Å². The minimum Gasteiger partial charge on any atom is -0.506 e. The molecule has 0 aliphatic heterocycles. The fourth-order valence-corrected chi connectivity index (χ4v) is 3.98. The van der Waals surface area contributed by atoms with Gasteiger partial charge in [0.25, 0.3) is 0 Å². The number of hydrogen-bond donors (Lipinski definition) is 4. The van der Waals surface area contributed by atoms with E-state index in [4.69, 9.17) is 4.74 Å². The van der Waals surface area contributed by atoms with Gasteiger partial charge in [-0.3, -0.25) is 4.79 Å². The first-order chi connectivity index (χ1) is 15.1. The van der Waals surface area contributed by atoms with Gasteiger partial charge in [0.1, 0.15) is 28.4 Å². The number of nitrogens with one attached hydrogen (secondary N) is 1. The van der Waals surface area contributed by atoms with Crippen molar-refractivity contribution in [1.82, 2.24) is 15.3 Å². The number of hydrogen-bond acceptors (Lipinski definition) is 9. The third-order valence-corrected chi connectivity index (χ3v) is 5.52. The summed E-state index contributed by atoms with van der Waals surface area (Å²) in [5, 5.41) is 31.7. The molecular weight excluding hydrogens is 442 g/mol. The first-order valence-electron chi connectivity index (χ1n) is 9.04. The van der Waals surface area contributed by atoms with Gasteiger partial charge in [-0.25, -0.2) is 24.4 Å². The first kappa shape index (κ1) is 22.7. The predicted molar refractivity (Wildman–Crippen MR) is 113 cm³/mol. The van der Waals surface area contributed by atoms with Gasteiger partial charge in [0, 0.05) is 12.7 Å². The second-order valence-corrected chi connectivity index (χ2v) is 7.62. The second-order valence-electron chi connectivity index (χ2n) is 6.56. The summed E-state index contributed by atoms with van der Waals surface area (Å²) in [5.74, 6) is -4.62. The van der Waals surface area contributed by atoms with Crippen molar-refractivity contribution in [2.75, 3.05) is 12.9 Å². The van der Waals surface area contributed by atoms with E-state index in [0.717, 1.165) is 18.9 Å². The number of phenols is 1. The molecule has 1 atom stereocenters. The van der Waals surface area contributed by atoms with E-state index in [-0.39, 0.29) is 43.8 Å². The van der Waals surface area contributed by atoms with Gasteiger partial charge >= 0.3 is 17.9 Å². The minimum atomic E-state index is -1.28. The van der Waals surface area contributed by atoms with Crippen LogP contribution in [0.5, 0.6) is 5.75 Å². The van der Waals surface area contributed by atoms with Crippen LogP contribution in [-0.2, 0) is 14.3 Å². The van der Waals surface area contributed by atoms with Gasteiger partial charge in [-0.1, -0.05) is 6.07 Å². The van der Waals surface area contributed by atoms with E-state index in [9.17, 15) is 34.5 Å². The molecule has 2 aromatic carbocycles. The van der Waals surface area contributed by atoms with Crippen molar-refractivity contribution in [3.8, 4) is 5.75 Å². The standard InChI is InChI=1S/C20H17N3O8S/c1-8(24)21-12(19(28)29)7-32-13-6-11-16(14(17(13)25)20(30)31-2)22-10-5-3-4-9(18(26)27)15(10)23-11/h3-6,12,25H,7H2,1-2H3,(H,21,24)(H,26,27)(H,28,29)/t12-/m1/s1. The maximum Gasteiger partial charge on any atom is 0.343 e. The number of aliphatic carboxylic acids is 1. The first-order valence-corrected chi connectivity index (χ1v) is 10.0. The van der Waals surface area contributed by atoms with Gasteiger partial charge in [-0.2, -0.15) is 0 Å². The number of esters is 1. The number of carbonyl (C=O) groups excluding carboxylic acids is 2. The third-order valence-electron chi connectivity index (χ3n) is 4.40. The Kier molecular flexibility index (Phi) is 6.44. The molecule has 0 saturated carbocycles. The summed E-state index contributed by atoms with van der Waals surface area (Å²) in [7, 11) is 1.11. The number of nitrogens with zero attached hydrogens (tertiary/aromatic N) is 2. The monoisotopic (exact) mass is 459 g/mol. The molecule has 3 aromatic rings. The summed E-state index contributed by atoms with van der Waals surface area (Å²) in [6.45, 7) is 1.17. The van der Waals surface area contributed by atoms with Crippen molar-refractivity contribution in [1.29, 1.82) is 0 Å². The summed E-state index contributed by atoms with van der Waals surface area (Å²) >= 11 is 0.861. The molecule has 0 spiro atoms. The molecule has 12 heteroatoms. The van der Waals surface area contributed by atoms with Crippen LogP contribution in [0.2, 0.25) is 0 Å². The van der Waals surface area contributed by atoms with E-state index < -0.39 is 35.6 Å². The average molecular weight is 459 g/mol. The number of fused-ring (bicyclic) bond motifs is 2. The van der Waals surface area contributed by atoms with Crippen LogP contribution in [0.3, 0.4) is 0 Å². The van der Waals surface area contributed by atoms with Crippen LogP contribution in [-0.4, -0.2) is 68.0 Å². The van der Waals surface area contributed by atoms with Gasteiger partial charge in [-0.05, 0) is 18.2 Å². The zero-order valence-corrected chi connectivity index (χ0v) is 17.6. The van der Waals surface area contributed by atoms with E-state index in [1.165, 1.54) is 31.2 Å². The quantitative estimate of drug-likeness (QED) is 0.229. The number of aromatic hydroxyl groups is 1. The van der Waals surface area contributed by atoms with E-state index >= 15 is 0 Å². The molecule has 32 heavy (non-hydrogen) atoms. The van der Waals surface area contributed by atoms with Crippen LogP contribution in [0.1, 0.15) is 27.6 Å². The van der Waals surface area contributed by atoms with Gasteiger partial charge in [-0.15, -0.1) is 11.8 Å². The highest BCUT2D eigenvalue weighted by molar-refractivity contribution is 7.99. The number of benzene rings is 2. The Labute approximate surface area is 184 Å². The summed E-state index contributed by atoms with van der Waals surface area (Å²) in [4.78, 5) is 55.3. The molecule has 1 amide bonds. The molecule has 0 saturated heterocycles. The molecule has 0 radical (unpaired) electrons. The Hall–Kier alpha value is -3.93. The zero-order valence-electron chi connectivity index (χ0n) is 16.8. The summed E-state index contributed by atoms with van der Waals surface area (Å²) in [5.41, 5.74) is -0.0429. The lowest BCUT2D eigenvalue weighted by Gasteiger charge is -2.15. The molecule has 0 bridgehead atoms. The number of amides is 1. The van der Waals surface area contributed by atoms with Crippen molar-refractivity contribution in [2.24, 2.45) is 0 Å². The van der Waals surface area contributed by atoms with E-state index in [1.807, 2.05) is 0 Å². The molecule has 11 nitrogen and oxygen atoms in total. The number of ether oxygens (including phenoxy) is 1. The molecular formula is C20H17N3O8S. The fourth-order valence-electron chi connectivity index (χ4n) is 2.97. The van der Waals surface area contributed by atoms with Crippen molar-refractivity contribution in [3.63, 3.8) is 0 Å². The molecule has 3 rings (SSSR count). The number of thioether (sulfide) groups is 1. The second kappa shape index (κ2) is 9.06. The van der Waals surface area contributed by atoms with Crippen LogP contribution in [0.4, 0.5) is 0 Å². The number of aromatic nitrogens is 2. The smallest absolute Gasteiger partial charge is 0.343 e. The molecule has 4 N–H and O–H groups in total. The molecule has 1 aromatic heterocycles. The number of phenolic OH excluding ortho intramolecular Hbond substituents is 1. The van der Waals surface area contributed by atoms with Crippen LogP contribution < -0.4 is 5.32 Å². The van der Waals surface area contributed by atoms with E-state index in [0.29, 0.717) is 0 Å². The minimum absolute atomic E-state index is 0.00890. The SMILES string of the molecule is COC(=O)c1c(O)c(SC[C@@H](NC(C)=O)C(=O)O)cc2nc3c(C(=O)O)cccc3nc12. The average Bonchev–Trinajstić information content (AvgIpc) is 2.74. The van der Waals surface area contributed by atoms with Gasteiger partial charge in [0.15, 0.2) is 0 Å². The Morgan fingerprint density at radius 2 is 1.81 bits per heavy atom. The Balaban J connectivity index is 2.19. The zero-order chi connectivity index (χ0) is 23.6. The predicted octanol–water partition coefficient (Wildman–Crippen LogP) is 1.65. The summed E-state index contributed by atoms with van der Waals surface area (Å²) < 4.78 is 4.75. The third kappa shape index (κ3) is 4.39.